The van der Waals surface area contributed by atoms with Crippen molar-refractivity contribution in [1.82, 2.24) is 34.9 Å². The molecule has 0 atom stereocenters. The van der Waals surface area contributed by atoms with E-state index in [1.54, 1.807) is 12.4 Å². The summed E-state index contributed by atoms with van der Waals surface area (Å²) in [6, 6.07) is 15.6. The van der Waals surface area contributed by atoms with E-state index in [9.17, 15) is 4.79 Å². The van der Waals surface area contributed by atoms with Gasteiger partial charge in [0.25, 0.3) is 0 Å². The van der Waals surface area contributed by atoms with Crippen molar-refractivity contribution >= 4 is 17.5 Å². The Labute approximate surface area is 184 Å². The van der Waals surface area contributed by atoms with Gasteiger partial charge in [-0.2, -0.15) is 5.10 Å². The number of amides is 1. The van der Waals surface area contributed by atoms with Crippen molar-refractivity contribution in [3.8, 4) is 17.1 Å². The van der Waals surface area contributed by atoms with E-state index in [2.05, 4.69) is 40.5 Å². The Morgan fingerprint density at radius 1 is 0.938 bits per heavy atom. The molecule has 5 rings (SSSR count). The summed E-state index contributed by atoms with van der Waals surface area (Å²) in [6.45, 7) is 1.48. The summed E-state index contributed by atoms with van der Waals surface area (Å²) in [5.41, 5.74) is 1.89. The number of hydrogen-bond donors (Lipinski definition) is 1. The molecule has 1 aliphatic rings. The number of nitrogens with zero attached hydrogens (tertiary/aromatic N) is 8. The van der Waals surface area contributed by atoms with Crippen LogP contribution in [-0.4, -0.2) is 53.9 Å². The summed E-state index contributed by atoms with van der Waals surface area (Å²) in [4.78, 5) is 27.1. The van der Waals surface area contributed by atoms with Gasteiger partial charge in [0.05, 0.1) is 5.69 Å². The van der Waals surface area contributed by atoms with Crippen molar-refractivity contribution in [1.29, 1.82) is 0 Å². The van der Waals surface area contributed by atoms with Crippen LogP contribution in [0, 0.1) is 5.92 Å². The summed E-state index contributed by atoms with van der Waals surface area (Å²) < 4.78 is 1.51. The first-order valence-corrected chi connectivity index (χ1v) is 10.4. The second kappa shape index (κ2) is 8.88. The summed E-state index contributed by atoms with van der Waals surface area (Å²) in [5, 5.41) is 15.7. The molecule has 1 aliphatic heterocycles. The minimum Gasteiger partial charge on any atom is -0.355 e. The zero-order valence-electron chi connectivity index (χ0n) is 17.2. The molecule has 32 heavy (non-hydrogen) atoms. The van der Waals surface area contributed by atoms with Crippen molar-refractivity contribution in [3.05, 3.63) is 67.5 Å². The summed E-state index contributed by atoms with van der Waals surface area (Å²) >= 11 is 0. The Morgan fingerprint density at radius 3 is 2.50 bits per heavy atom. The molecule has 1 fully saturated rings. The van der Waals surface area contributed by atoms with Crippen molar-refractivity contribution in [2.24, 2.45) is 5.92 Å². The summed E-state index contributed by atoms with van der Waals surface area (Å²) in [6.07, 6.45) is 5.82. The summed E-state index contributed by atoms with van der Waals surface area (Å²) in [7, 11) is 0. The van der Waals surface area contributed by atoms with Gasteiger partial charge in [-0.1, -0.05) is 30.3 Å². The van der Waals surface area contributed by atoms with Gasteiger partial charge in [-0.3, -0.25) is 4.79 Å². The van der Waals surface area contributed by atoms with Crippen LogP contribution >= 0.6 is 0 Å². The molecule has 0 aliphatic carbocycles. The molecule has 0 radical (unpaired) electrons. The van der Waals surface area contributed by atoms with Crippen LogP contribution in [0.3, 0.4) is 0 Å². The molecular weight excluding hydrogens is 406 g/mol. The van der Waals surface area contributed by atoms with Crippen LogP contribution < -0.4 is 10.2 Å². The quantitative estimate of drug-likeness (QED) is 0.516. The van der Waals surface area contributed by atoms with E-state index in [-0.39, 0.29) is 11.8 Å². The zero-order chi connectivity index (χ0) is 21.8. The van der Waals surface area contributed by atoms with Crippen molar-refractivity contribution in [3.63, 3.8) is 0 Å². The third kappa shape index (κ3) is 4.29. The van der Waals surface area contributed by atoms with E-state index in [4.69, 9.17) is 0 Å². The van der Waals surface area contributed by atoms with Gasteiger partial charge < -0.3 is 10.2 Å². The fourth-order valence-corrected chi connectivity index (χ4v) is 3.72. The standard InChI is InChI=1S/C22H21N9O/c32-22(27-19-12-21(25-14-24-19)31-15-23-13-26-31)17-8-10-30(11-9-17)20-7-6-18(28-29-20)16-4-2-1-3-5-16/h1-7,12-15,17H,8-11H2,(H,24,25,27,32). The largest absolute Gasteiger partial charge is 0.355 e. The van der Waals surface area contributed by atoms with Gasteiger partial charge in [0.15, 0.2) is 11.6 Å². The fourth-order valence-electron chi connectivity index (χ4n) is 3.72. The Bertz CT molecular complexity index is 1170. The minimum atomic E-state index is -0.0902. The maximum Gasteiger partial charge on any atom is 0.228 e. The number of carbonyl (C=O) groups excluding carboxylic acids is 1. The van der Waals surface area contributed by atoms with Crippen molar-refractivity contribution in [2.75, 3.05) is 23.3 Å². The first-order chi connectivity index (χ1) is 15.8. The molecule has 0 saturated carbocycles. The van der Waals surface area contributed by atoms with E-state index in [1.807, 2.05) is 42.5 Å². The van der Waals surface area contributed by atoms with Crippen LogP contribution in [-0.2, 0) is 4.79 Å². The molecule has 4 aromatic rings. The highest BCUT2D eigenvalue weighted by Crippen LogP contribution is 2.24. The Kier molecular flexibility index (Phi) is 5.48. The second-order valence-electron chi connectivity index (χ2n) is 7.49. The van der Waals surface area contributed by atoms with Crippen LogP contribution in [0.15, 0.2) is 67.5 Å². The average molecular weight is 427 g/mol. The van der Waals surface area contributed by atoms with Crippen LogP contribution in [0.4, 0.5) is 11.6 Å². The van der Waals surface area contributed by atoms with E-state index in [1.165, 1.54) is 17.3 Å². The number of piperidine rings is 1. The third-order valence-electron chi connectivity index (χ3n) is 5.47. The molecule has 1 amide bonds. The molecule has 0 bridgehead atoms. The zero-order valence-corrected chi connectivity index (χ0v) is 17.2. The molecule has 10 nitrogen and oxygen atoms in total. The lowest BCUT2D eigenvalue weighted by molar-refractivity contribution is -0.120. The van der Waals surface area contributed by atoms with Gasteiger partial charge in [-0.25, -0.2) is 19.6 Å². The van der Waals surface area contributed by atoms with E-state index >= 15 is 0 Å². The van der Waals surface area contributed by atoms with Gasteiger partial charge >= 0.3 is 0 Å². The number of anilines is 2. The maximum atomic E-state index is 12.8. The second-order valence-corrected chi connectivity index (χ2v) is 7.49. The molecule has 160 valence electrons. The van der Waals surface area contributed by atoms with E-state index in [0.717, 1.165) is 43.0 Å². The van der Waals surface area contributed by atoms with Gasteiger partial charge in [-0.15, -0.1) is 10.2 Å². The topological polar surface area (TPSA) is 115 Å². The molecule has 0 spiro atoms. The number of carbonyl (C=O) groups is 1. The molecule has 1 saturated heterocycles. The molecule has 0 unspecified atom stereocenters. The smallest absolute Gasteiger partial charge is 0.228 e. The predicted molar refractivity (Wildman–Crippen MR) is 118 cm³/mol. The first kappa shape index (κ1) is 19.7. The van der Waals surface area contributed by atoms with E-state index in [0.29, 0.717) is 11.6 Å². The van der Waals surface area contributed by atoms with E-state index < -0.39 is 0 Å². The van der Waals surface area contributed by atoms with Crippen LogP contribution in [0.25, 0.3) is 17.1 Å². The lowest BCUT2D eigenvalue weighted by Crippen LogP contribution is -2.38. The molecule has 1 N–H and O–H groups in total. The average Bonchev–Trinajstić information content (AvgIpc) is 3.40. The highest BCUT2D eigenvalue weighted by atomic mass is 16.2. The lowest BCUT2D eigenvalue weighted by atomic mass is 9.96. The Hall–Kier alpha value is -4.21. The fraction of sp³-hybridized carbons (Fsp3) is 0.227. The monoisotopic (exact) mass is 427 g/mol. The molecule has 3 aromatic heterocycles. The molecule has 1 aromatic carbocycles. The number of aromatic nitrogens is 7. The third-order valence-corrected chi connectivity index (χ3v) is 5.47. The Balaban J connectivity index is 1.18. The van der Waals surface area contributed by atoms with Crippen molar-refractivity contribution < 1.29 is 4.79 Å². The molecule has 10 heteroatoms. The van der Waals surface area contributed by atoms with Crippen LogP contribution in [0.2, 0.25) is 0 Å². The first-order valence-electron chi connectivity index (χ1n) is 10.4. The van der Waals surface area contributed by atoms with Gasteiger partial charge in [0.2, 0.25) is 5.91 Å². The predicted octanol–water partition coefficient (Wildman–Crippen LogP) is 2.37. The van der Waals surface area contributed by atoms with Crippen LogP contribution in [0.5, 0.6) is 0 Å². The molecule has 4 heterocycles. The Morgan fingerprint density at radius 2 is 1.78 bits per heavy atom. The van der Waals surface area contributed by atoms with Crippen molar-refractivity contribution in [2.45, 2.75) is 12.8 Å². The summed E-state index contributed by atoms with van der Waals surface area (Å²) in [5.74, 6) is 1.68. The highest BCUT2D eigenvalue weighted by molar-refractivity contribution is 5.92. The number of nitrogens with one attached hydrogen (secondary N) is 1. The number of benzene rings is 1. The van der Waals surface area contributed by atoms with Crippen LogP contribution in [0.1, 0.15) is 12.8 Å². The number of rotatable bonds is 5. The SMILES string of the molecule is O=C(Nc1cc(-n2cncn2)ncn1)C1CCN(c2ccc(-c3ccccc3)nn2)CC1. The van der Waals surface area contributed by atoms with Gasteiger partial charge in [0, 0.05) is 30.6 Å². The maximum absolute atomic E-state index is 12.8. The molecular formula is C22H21N9O. The van der Waals surface area contributed by atoms with Gasteiger partial charge in [-0.05, 0) is 25.0 Å². The highest BCUT2D eigenvalue weighted by Gasteiger charge is 2.26. The lowest BCUT2D eigenvalue weighted by Gasteiger charge is -2.31. The normalized spacial score (nSPS) is 14.3. The minimum absolute atomic E-state index is 0.0431. The van der Waals surface area contributed by atoms with Gasteiger partial charge in [0.1, 0.15) is 24.8 Å². The number of hydrogen-bond acceptors (Lipinski definition) is 8.